The molecule has 0 unspecified atom stereocenters. The second-order valence-electron chi connectivity index (χ2n) is 7.11. The molecule has 2 aromatic heterocycles. The molecule has 0 bridgehead atoms. The molecular weight excluding hydrogens is 324 g/mol. The Morgan fingerprint density at radius 2 is 1.88 bits per heavy atom. The van der Waals surface area contributed by atoms with Crippen LogP contribution in [0.2, 0.25) is 0 Å². The number of allylic oxidation sites excluding steroid dienone is 1. The highest BCUT2D eigenvalue weighted by atomic mass is 16.6. The molecule has 0 atom stereocenters. The number of ether oxygens (including phenoxy) is 2. The van der Waals surface area contributed by atoms with E-state index in [1.165, 1.54) is 31.3 Å². The lowest BCUT2D eigenvalue weighted by Crippen LogP contribution is -2.15. The maximum absolute atomic E-state index is 5.80. The Morgan fingerprint density at radius 1 is 1.04 bits per heavy atom. The first-order valence-electron chi connectivity index (χ1n) is 9.43. The van der Waals surface area contributed by atoms with Crippen molar-refractivity contribution in [3.05, 3.63) is 59.9 Å². The summed E-state index contributed by atoms with van der Waals surface area (Å²) in [4.78, 5) is 7.95. The van der Waals surface area contributed by atoms with E-state index in [4.69, 9.17) is 9.47 Å². The van der Waals surface area contributed by atoms with E-state index in [1.807, 2.05) is 18.3 Å². The minimum Gasteiger partial charge on any atom is -0.486 e. The van der Waals surface area contributed by atoms with Gasteiger partial charge in [-0.25, -0.2) is 4.98 Å². The Bertz CT molecular complexity index is 934. The van der Waals surface area contributed by atoms with Crippen molar-refractivity contribution in [1.82, 2.24) is 9.97 Å². The molecule has 3 heterocycles. The number of aromatic amines is 1. The van der Waals surface area contributed by atoms with E-state index < -0.39 is 0 Å². The molecule has 2 aliphatic rings. The van der Waals surface area contributed by atoms with Crippen LogP contribution < -0.4 is 9.47 Å². The van der Waals surface area contributed by atoms with Gasteiger partial charge in [0.25, 0.3) is 0 Å². The van der Waals surface area contributed by atoms with Gasteiger partial charge >= 0.3 is 0 Å². The van der Waals surface area contributed by atoms with Crippen LogP contribution in [0.25, 0.3) is 16.6 Å². The van der Waals surface area contributed by atoms with E-state index in [2.05, 4.69) is 40.3 Å². The number of fused-ring (bicyclic) bond motifs is 2. The highest BCUT2D eigenvalue weighted by Gasteiger charge is 2.19. The molecule has 0 spiro atoms. The fourth-order valence-corrected chi connectivity index (χ4v) is 4.02. The van der Waals surface area contributed by atoms with Crippen LogP contribution in [0.4, 0.5) is 0 Å². The Balaban J connectivity index is 1.61. The van der Waals surface area contributed by atoms with Crippen molar-refractivity contribution < 1.29 is 9.47 Å². The highest BCUT2D eigenvalue weighted by Crippen LogP contribution is 2.37. The average Bonchev–Trinajstić information content (AvgIpc) is 3.35. The van der Waals surface area contributed by atoms with E-state index in [0.29, 0.717) is 19.1 Å². The van der Waals surface area contributed by atoms with Crippen molar-refractivity contribution in [2.75, 3.05) is 13.2 Å². The molecule has 5 rings (SSSR count). The van der Waals surface area contributed by atoms with Gasteiger partial charge in [-0.1, -0.05) is 25.0 Å². The number of aromatic nitrogens is 2. The number of nitrogens with zero attached hydrogens (tertiary/aromatic N) is 1. The molecule has 1 aliphatic heterocycles. The van der Waals surface area contributed by atoms with E-state index >= 15 is 0 Å². The van der Waals surface area contributed by atoms with E-state index in [0.717, 1.165) is 33.8 Å². The molecule has 4 heteroatoms. The zero-order valence-corrected chi connectivity index (χ0v) is 14.7. The van der Waals surface area contributed by atoms with E-state index in [1.54, 1.807) is 0 Å². The van der Waals surface area contributed by atoms with Crippen LogP contribution in [-0.4, -0.2) is 23.2 Å². The predicted octanol–water partition coefficient (Wildman–Crippen LogP) is 4.96. The lowest BCUT2D eigenvalue weighted by atomic mass is 9.96. The van der Waals surface area contributed by atoms with Gasteiger partial charge in [0.05, 0.1) is 0 Å². The van der Waals surface area contributed by atoms with Gasteiger partial charge in [-0.3, -0.25) is 0 Å². The fraction of sp³-hybridized carbons (Fsp3) is 0.318. The minimum absolute atomic E-state index is 0.606. The third kappa shape index (κ3) is 2.85. The fourth-order valence-electron chi connectivity index (χ4n) is 4.02. The molecule has 1 aliphatic carbocycles. The third-order valence-corrected chi connectivity index (χ3v) is 5.34. The quantitative estimate of drug-likeness (QED) is 0.729. The first kappa shape index (κ1) is 15.5. The summed E-state index contributed by atoms with van der Waals surface area (Å²) < 4.78 is 11.5. The van der Waals surface area contributed by atoms with Crippen LogP contribution in [-0.2, 0) is 0 Å². The molecule has 1 fully saturated rings. The summed E-state index contributed by atoms with van der Waals surface area (Å²) in [5.41, 5.74) is 4.43. The summed E-state index contributed by atoms with van der Waals surface area (Å²) in [6.07, 6.45) is 9.45. The molecule has 1 N–H and O–H groups in total. The molecule has 0 amide bonds. The topological polar surface area (TPSA) is 47.1 Å². The van der Waals surface area contributed by atoms with Crippen LogP contribution in [0.3, 0.4) is 0 Å². The monoisotopic (exact) mass is 346 g/mol. The first-order chi connectivity index (χ1) is 12.9. The molecule has 3 aromatic rings. The lowest BCUT2D eigenvalue weighted by molar-refractivity contribution is 0.171. The van der Waals surface area contributed by atoms with E-state index in [9.17, 15) is 0 Å². The van der Waals surface area contributed by atoms with Crippen molar-refractivity contribution in [2.24, 2.45) is 5.92 Å². The molecule has 4 nitrogen and oxygen atoms in total. The van der Waals surface area contributed by atoms with Gasteiger partial charge in [-0.15, -0.1) is 0 Å². The van der Waals surface area contributed by atoms with Gasteiger partial charge in [0.2, 0.25) is 0 Å². The minimum atomic E-state index is 0.606. The van der Waals surface area contributed by atoms with Crippen molar-refractivity contribution in [1.29, 1.82) is 0 Å². The standard InChI is InChI=1S/C22H22N2O2/c1-2-5-15(4-1)12-18(19-13-17-6-3-9-23-22(17)24-19)16-7-8-20-21(14-16)26-11-10-25-20/h3,6-9,12-15H,1-2,4-5,10-11H2,(H,23,24)/b18-12+. The van der Waals surface area contributed by atoms with Gasteiger partial charge in [-0.05, 0) is 54.7 Å². The van der Waals surface area contributed by atoms with Crippen LogP contribution in [0, 0.1) is 5.92 Å². The summed E-state index contributed by atoms with van der Waals surface area (Å²) in [5, 5.41) is 1.14. The van der Waals surface area contributed by atoms with E-state index in [-0.39, 0.29) is 0 Å². The second-order valence-corrected chi connectivity index (χ2v) is 7.11. The summed E-state index contributed by atoms with van der Waals surface area (Å²) in [5.74, 6) is 2.30. The number of hydrogen-bond acceptors (Lipinski definition) is 3. The number of hydrogen-bond donors (Lipinski definition) is 1. The Hall–Kier alpha value is -2.75. The van der Waals surface area contributed by atoms with Gasteiger partial charge in [0, 0.05) is 22.9 Å². The van der Waals surface area contributed by atoms with Gasteiger partial charge in [-0.2, -0.15) is 0 Å². The number of nitrogens with one attached hydrogen (secondary N) is 1. The maximum Gasteiger partial charge on any atom is 0.161 e. The molecular formula is C22H22N2O2. The van der Waals surface area contributed by atoms with Gasteiger partial charge in [0.1, 0.15) is 18.9 Å². The molecule has 26 heavy (non-hydrogen) atoms. The number of rotatable bonds is 3. The Morgan fingerprint density at radius 3 is 2.73 bits per heavy atom. The summed E-state index contributed by atoms with van der Waals surface area (Å²) in [7, 11) is 0. The largest absolute Gasteiger partial charge is 0.486 e. The molecule has 0 saturated heterocycles. The van der Waals surface area contributed by atoms with Gasteiger partial charge in [0.15, 0.2) is 11.5 Å². The summed E-state index contributed by atoms with van der Waals surface area (Å²) >= 11 is 0. The van der Waals surface area contributed by atoms with Crippen LogP contribution >= 0.6 is 0 Å². The maximum atomic E-state index is 5.80. The van der Waals surface area contributed by atoms with Gasteiger partial charge < -0.3 is 14.5 Å². The number of benzene rings is 1. The zero-order valence-electron chi connectivity index (χ0n) is 14.7. The normalized spacial score (nSPS) is 17.8. The Labute approximate surface area is 152 Å². The average molecular weight is 346 g/mol. The predicted molar refractivity (Wildman–Crippen MR) is 103 cm³/mol. The summed E-state index contributed by atoms with van der Waals surface area (Å²) in [6.45, 7) is 1.22. The SMILES string of the molecule is C(=C(/c1ccc2c(c1)OCCO2)c1cc2cccnc2[nH]1)/C1CCCC1. The smallest absolute Gasteiger partial charge is 0.161 e. The molecule has 1 aromatic carbocycles. The summed E-state index contributed by atoms with van der Waals surface area (Å²) in [6, 6.07) is 12.5. The first-order valence-corrected chi connectivity index (χ1v) is 9.43. The highest BCUT2D eigenvalue weighted by molar-refractivity contribution is 5.87. The van der Waals surface area contributed by atoms with Crippen molar-refractivity contribution in [3.63, 3.8) is 0 Å². The van der Waals surface area contributed by atoms with Crippen molar-refractivity contribution in [2.45, 2.75) is 25.7 Å². The lowest BCUT2D eigenvalue weighted by Gasteiger charge is -2.19. The van der Waals surface area contributed by atoms with Crippen molar-refractivity contribution in [3.8, 4) is 11.5 Å². The van der Waals surface area contributed by atoms with Crippen LogP contribution in [0.5, 0.6) is 11.5 Å². The van der Waals surface area contributed by atoms with Crippen LogP contribution in [0.15, 0.2) is 48.7 Å². The van der Waals surface area contributed by atoms with Crippen molar-refractivity contribution >= 4 is 16.6 Å². The third-order valence-electron chi connectivity index (χ3n) is 5.34. The molecule has 1 saturated carbocycles. The molecule has 0 radical (unpaired) electrons. The molecule has 132 valence electrons. The zero-order chi connectivity index (χ0) is 17.3. The van der Waals surface area contributed by atoms with Crippen LogP contribution in [0.1, 0.15) is 36.9 Å². The number of pyridine rings is 1. The Kier molecular flexibility index (Phi) is 3.89. The second kappa shape index (κ2) is 6.52. The number of H-pyrrole nitrogens is 1.